The number of pyridine rings is 1. The zero-order chi connectivity index (χ0) is 15.9. The van der Waals surface area contributed by atoms with Crippen LogP contribution in [0.1, 0.15) is 5.56 Å². The van der Waals surface area contributed by atoms with Crippen LogP contribution in [0.2, 0.25) is 5.02 Å². The summed E-state index contributed by atoms with van der Waals surface area (Å²) >= 11 is 6.09. The topological polar surface area (TPSA) is 31.9 Å². The highest BCUT2D eigenvalue weighted by molar-refractivity contribution is 6.35. The monoisotopic (exact) mass is 321 g/mol. The number of aromatic nitrogens is 2. The highest BCUT2D eigenvalue weighted by atomic mass is 35.5. The molecule has 3 rings (SSSR count). The number of hydrogen-bond acceptors (Lipinski definition) is 2. The van der Waals surface area contributed by atoms with E-state index in [2.05, 4.69) is 9.97 Å². The minimum atomic E-state index is -0.568. The molecule has 0 saturated carbocycles. The molecule has 0 bridgehead atoms. The second-order valence-electron chi connectivity index (χ2n) is 5.39. The second-order valence-corrected chi connectivity index (χ2v) is 5.80. The quantitative estimate of drug-likeness (QED) is 0.783. The lowest BCUT2D eigenvalue weighted by atomic mass is 10.1. The Morgan fingerprint density at radius 1 is 1.18 bits per heavy atom. The molecule has 0 amide bonds. The molecule has 3 aromatic rings. The molecule has 0 aliphatic rings. The smallest absolute Gasteiger partial charge is 0.139 e. The molecule has 0 aliphatic carbocycles. The van der Waals surface area contributed by atoms with Crippen molar-refractivity contribution in [2.75, 3.05) is 14.1 Å². The predicted octanol–water partition coefficient (Wildman–Crippen LogP) is 4.22. The maximum atomic E-state index is 14.2. The Bertz CT molecular complexity index is 820. The van der Waals surface area contributed by atoms with Crippen molar-refractivity contribution in [1.82, 2.24) is 14.9 Å². The van der Waals surface area contributed by atoms with E-state index in [0.29, 0.717) is 21.9 Å². The molecule has 0 fully saturated rings. The first-order chi connectivity index (χ1) is 10.5. The van der Waals surface area contributed by atoms with E-state index in [1.165, 1.54) is 12.1 Å². The zero-order valence-corrected chi connectivity index (χ0v) is 12.9. The third-order valence-electron chi connectivity index (χ3n) is 3.41. The largest absolute Gasteiger partial charge is 0.339 e. The van der Waals surface area contributed by atoms with Crippen molar-refractivity contribution in [1.29, 1.82) is 0 Å². The molecule has 0 spiro atoms. The number of benzene rings is 1. The van der Waals surface area contributed by atoms with Gasteiger partial charge in [0.15, 0.2) is 0 Å². The van der Waals surface area contributed by atoms with Crippen LogP contribution in [0, 0.1) is 11.6 Å². The fourth-order valence-corrected chi connectivity index (χ4v) is 2.58. The van der Waals surface area contributed by atoms with E-state index in [1.54, 1.807) is 37.3 Å². The van der Waals surface area contributed by atoms with Crippen LogP contribution in [-0.2, 0) is 6.54 Å². The number of halogens is 3. The zero-order valence-electron chi connectivity index (χ0n) is 12.1. The van der Waals surface area contributed by atoms with Crippen LogP contribution in [-0.4, -0.2) is 29.0 Å². The van der Waals surface area contributed by atoms with Gasteiger partial charge in [0.1, 0.15) is 17.3 Å². The molecule has 0 unspecified atom stereocenters. The lowest BCUT2D eigenvalue weighted by molar-refractivity contribution is 0.381. The maximum Gasteiger partial charge on any atom is 0.139 e. The van der Waals surface area contributed by atoms with Crippen molar-refractivity contribution in [3.8, 4) is 11.3 Å². The summed E-state index contributed by atoms with van der Waals surface area (Å²) in [5, 5.41) is 1.26. The van der Waals surface area contributed by atoms with Gasteiger partial charge >= 0.3 is 0 Å². The molecule has 0 radical (unpaired) electrons. The number of aromatic amines is 1. The summed E-state index contributed by atoms with van der Waals surface area (Å²) in [5.74, 6) is -1.14. The van der Waals surface area contributed by atoms with Gasteiger partial charge in [0.25, 0.3) is 0 Å². The Morgan fingerprint density at radius 2 is 1.86 bits per heavy atom. The minimum Gasteiger partial charge on any atom is -0.339 e. The maximum absolute atomic E-state index is 14.2. The molecule has 22 heavy (non-hydrogen) atoms. The van der Waals surface area contributed by atoms with E-state index in [-0.39, 0.29) is 12.1 Å². The van der Waals surface area contributed by atoms with Crippen LogP contribution in [0.25, 0.3) is 22.3 Å². The van der Waals surface area contributed by atoms with Gasteiger partial charge in [-0.1, -0.05) is 11.6 Å². The van der Waals surface area contributed by atoms with Gasteiger partial charge in [0.2, 0.25) is 0 Å². The van der Waals surface area contributed by atoms with Gasteiger partial charge in [-0.25, -0.2) is 13.8 Å². The van der Waals surface area contributed by atoms with Gasteiger partial charge in [-0.3, -0.25) is 0 Å². The van der Waals surface area contributed by atoms with Crippen LogP contribution in [0.5, 0.6) is 0 Å². The third kappa shape index (κ3) is 2.69. The van der Waals surface area contributed by atoms with E-state index >= 15 is 0 Å². The Labute approximate surface area is 131 Å². The van der Waals surface area contributed by atoms with Crippen molar-refractivity contribution in [3.05, 3.63) is 52.7 Å². The van der Waals surface area contributed by atoms with E-state index in [4.69, 9.17) is 11.6 Å². The van der Waals surface area contributed by atoms with Gasteiger partial charge in [-0.05, 0) is 38.4 Å². The van der Waals surface area contributed by atoms with Gasteiger partial charge in [0, 0.05) is 34.9 Å². The molecular weight excluding hydrogens is 308 g/mol. The van der Waals surface area contributed by atoms with E-state index in [1.807, 2.05) is 0 Å². The summed E-state index contributed by atoms with van der Waals surface area (Å²) in [5.41, 5.74) is 1.64. The molecule has 0 aliphatic heterocycles. The molecule has 2 aromatic heterocycles. The molecular formula is C16H14ClF2N3. The fourth-order valence-electron chi connectivity index (χ4n) is 2.38. The average molecular weight is 322 g/mol. The van der Waals surface area contributed by atoms with Gasteiger partial charge in [0.05, 0.1) is 5.02 Å². The average Bonchev–Trinajstić information content (AvgIpc) is 2.88. The van der Waals surface area contributed by atoms with Crippen molar-refractivity contribution in [2.45, 2.75) is 6.54 Å². The lowest BCUT2D eigenvalue weighted by Crippen LogP contribution is -2.13. The van der Waals surface area contributed by atoms with E-state index in [9.17, 15) is 8.78 Å². The van der Waals surface area contributed by atoms with Crippen LogP contribution in [0.4, 0.5) is 8.78 Å². The highest BCUT2D eigenvalue weighted by Gasteiger charge is 2.14. The molecule has 1 aromatic carbocycles. The molecule has 3 nitrogen and oxygen atoms in total. The molecule has 6 heteroatoms. The van der Waals surface area contributed by atoms with Crippen LogP contribution < -0.4 is 0 Å². The van der Waals surface area contributed by atoms with Crippen molar-refractivity contribution in [3.63, 3.8) is 0 Å². The fraction of sp³-hybridized carbons (Fsp3) is 0.188. The first kappa shape index (κ1) is 14.9. The Hall–Kier alpha value is -1.98. The third-order valence-corrected chi connectivity index (χ3v) is 3.73. The number of nitrogens with one attached hydrogen (secondary N) is 1. The Kier molecular flexibility index (Phi) is 3.85. The molecule has 0 saturated heterocycles. The van der Waals surface area contributed by atoms with Gasteiger partial charge < -0.3 is 9.88 Å². The lowest BCUT2D eigenvalue weighted by Gasteiger charge is -2.12. The molecule has 1 N–H and O–H groups in total. The SMILES string of the molecule is CN(C)Cc1c(F)cc(-c2cc3c(Cl)ccnc3[nH]2)cc1F. The summed E-state index contributed by atoms with van der Waals surface area (Å²) in [6, 6.07) is 6.05. The molecule has 0 atom stereocenters. The van der Waals surface area contributed by atoms with Crippen molar-refractivity contribution in [2.24, 2.45) is 0 Å². The first-order valence-electron chi connectivity index (χ1n) is 6.72. The number of H-pyrrole nitrogens is 1. The van der Waals surface area contributed by atoms with Crippen molar-refractivity contribution >= 4 is 22.6 Å². The van der Waals surface area contributed by atoms with Crippen molar-refractivity contribution < 1.29 is 8.78 Å². The standard InChI is InChI=1S/C16H14ClF2N3/c1-22(2)8-11-13(18)5-9(6-14(11)19)15-7-10-12(17)3-4-20-16(10)21-15/h3-7H,8H2,1-2H3,(H,20,21). The normalized spacial score (nSPS) is 11.5. The number of rotatable bonds is 3. The summed E-state index contributed by atoms with van der Waals surface area (Å²) in [7, 11) is 3.52. The molecule has 114 valence electrons. The van der Waals surface area contributed by atoms with Gasteiger partial charge in [-0.15, -0.1) is 0 Å². The van der Waals surface area contributed by atoms with E-state index in [0.717, 1.165) is 5.39 Å². The first-order valence-corrected chi connectivity index (χ1v) is 7.09. The minimum absolute atomic E-state index is 0.0565. The summed E-state index contributed by atoms with van der Waals surface area (Å²) in [6.45, 7) is 0.206. The predicted molar refractivity (Wildman–Crippen MR) is 83.8 cm³/mol. The van der Waals surface area contributed by atoms with Crippen LogP contribution in [0.3, 0.4) is 0 Å². The number of nitrogens with zero attached hydrogens (tertiary/aromatic N) is 2. The summed E-state index contributed by atoms with van der Waals surface area (Å²) in [4.78, 5) is 8.90. The summed E-state index contributed by atoms with van der Waals surface area (Å²) < 4.78 is 28.3. The van der Waals surface area contributed by atoms with Crippen LogP contribution >= 0.6 is 11.6 Å². The van der Waals surface area contributed by atoms with E-state index < -0.39 is 11.6 Å². The Balaban J connectivity index is 2.09. The van der Waals surface area contributed by atoms with Crippen LogP contribution in [0.15, 0.2) is 30.5 Å². The highest BCUT2D eigenvalue weighted by Crippen LogP contribution is 2.29. The number of fused-ring (bicyclic) bond motifs is 1. The number of hydrogen-bond donors (Lipinski definition) is 1. The Morgan fingerprint density at radius 3 is 2.45 bits per heavy atom. The second kappa shape index (κ2) is 5.66. The summed E-state index contributed by atoms with van der Waals surface area (Å²) in [6.07, 6.45) is 1.58. The molecule has 2 heterocycles. The van der Waals surface area contributed by atoms with Gasteiger partial charge in [-0.2, -0.15) is 0 Å².